The van der Waals surface area contributed by atoms with Gasteiger partial charge in [-0.2, -0.15) is 4.98 Å². The lowest BCUT2D eigenvalue weighted by molar-refractivity contribution is 0.541. The van der Waals surface area contributed by atoms with Crippen molar-refractivity contribution in [3.8, 4) is 0 Å². The van der Waals surface area contributed by atoms with Crippen LogP contribution in [0.3, 0.4) is 0 Å². The van der Waals surface area contributed by atoms with E-state index in [0.717, 1.165) is 13.0 Å². The van der Waals surface area contributed by atoms with E-state index in [1.165, 1.54) is 19.3 Å². The number of aromatic nitrogens is 3. The predicted molar refractivity (Wildman–Crippen MR) is 54.2 cm³/mol. The summed E-state index contributed by atoms with van der Waals surface area (Å²) in [7, 11) is 0. The van der Waals surface area contributed by atoms with Crippen LogP contribution in [0.15, 0.2) is 0 Å². The Morgan fingerprint density at radius 3 is 2.54 bits per heavy atom. The molecule has 0 aliphatic heterocycles. The van der Waals surface area contributed by atoms with Crippen molar-refractivity contribution >= 4 is 23.2 Å². The minimum absolute atomic E-state index is 0.223. The largest absolute Gasteiger partial charge is 0.243 e. The maximum Gasteiger partial charge on any atom is 0.243 e. The molecule has 0 fully saturated rings. The number of hydrogen-bond donors (Lipinski definition) is 0. The van der Waals surface area contributed by atoms with Crippen LogP contribution in [-0.2, 0) is 6.54 Å². The van der Waals surface area contributed by atoms with Gasteiger partial charge in [-0.1, -0.05) is 26.2 Å². The zero-order valence-electron chi connectivity index (χ0n) is 7.63. The summed E-state index contributed by atoms with van der Waals surface area (Å²) < 4.78 is 1.64. The molecule has 3 nitrogen and oxygen atoms in total. The quantitative estimate of drug-likeness (QED) is 0.716. The van der Waals surface area contributed by atoms with Gasteiger partial charge in [0.1, 0.15) is 0 Å². The van der Waals surface area contributed by atoms with Crippen LogP contribution in [0.25, 0.3) is 0 Å². The normalized spacial score (nSPS) is 10.7. The number of aryl methyl sites for hydroxylation is 1. The summed E-state index contributed by atoms with van der Waals surface area (Å²) in [5.74, 6) is 0. The van der Waals surface area contributed by atoms with Gasteiger partial charge in [-0.25, -0.2) is 4.68 Å². The highest BCUT2D eigenvalue weighted by atomic mass is 35.5. The summed E-state index contributed by atoms with van der Waals surface area (Å²) in [5, 5.41) is 4.55. The molecule has 0 aliphatic rings. The van der Waals surface area contributed by atoms with E-state index in [9.17, 15) is 0 Å². The van der Waals surface area contributed by atoms with E-state index in [4.69, 9.17) is 23.2 Å². The lowest BCUT2D eigenvalue weighted by Crippen LogP contribution is -2.00. The molecule has 1 rings (SSSR count). The zero-order valence-corrected chi connectivity index (χ0v) is 9.14. The summed E-state index contributed by atoms with van der Waals surface area (Å²) in [6.07, 6.45) is 4.75. The van der Waals surface area contributed by atoms with Crippen LogP contribution in [0.2, 0.25) is 10.6 Å². The van der Waals surface area contributed by atoms with Gasteiger partial charge in [0.25, 0.3) is 0 Å². The molecule has 0 N–H and O–H groups in total. The van der Waals surface area contributed by atoms with Gasteiger partial charge in [0.2, 0.25) is 10.6 Å². The molecule has 0 saturated heterocycles. The summed E-state index contributed by atoms with van der Waals surface area (Å²) in [6, 6.07) is 0. The Labute approximate surface area is 88.1 Å². The molecule has 0 bridgehead atoms. The fourth-order valence-corrected chi connectivity index (χ4v) is 1.54. The molecule has 0 amide bonds. The fourth-order valence-electron chi connectivity index (χ4n) is 1.13. The Kier molecular flexibility index (Phi) is 4.53. The van der Waals surface area contributed by atoms with E-state index in [0.29, 0.717) is 5.28 Å². The molecule has 1 aromatic heterocycles. The molecule has 13 heavy (non-hydrogen) atoms. The third kappa shape index (κ3) is 3.53. The van der Waals surface area contributed by atoms with Crippen LogP contribution >= 0.6 is 23.2 Å². The molecule has 0 radical (unpaired) electrons. The molecule has 5 heteroatoms. The summed E-state index contributed by atoms with van der Waals surface area (Å²) >= 11 is 11.3. The maximum atomic E-state index is 5.76. The van der Waals surface area contributed by atoms with Gasteiger partial charge in [-0.05, 0) is 29.6 Å². The fraction of sp³-hybridized carbons (Fsp3) is 0.750. The Morgan fingerprint density at radius 1 is 1.23 bits per heavy atom. The second-order valence-corrected chi connectivity index (χ2v) is 3.61. The number of hydrogen-bond acceptors (Lipinski definition) is 2. The molecule has 1 heterocycles. The Morgan fingerprint density at radius 2 is 2.00 bits per heavy atom. The standard InChI is InChI=1S/C8H13Cl2N3/c1-2-3-4-5-6-13-8(10)11-7(9)12-13/h2-6H2,1H3. The highest BCUT2D eigenvalue weighted by Gasteiger charge is 2.04. The van der Waals surface area contributed by atoms with E-state index < -0.39 is 0 Å². The molecule has 0 atom stereocenters. The average molecular weight is 222 g/mol. The van der Waals surface area contributed by atoms with Crippen molar-refractivity contribution in [2.75, 3.05) is 0 Å². The van der Waals surface area contributed by atoms with Crippen molar-refractivity contribution in [3.05, 3.63) is 10.6 Å². The van der Waals surface area contributed by atoms with Crippen LogP contribution in [0.1, 0.15) is 32.6 Å². The van der Waals surface area contributed by atoms with Gasteiger partial charge < -0.3 is 0 Å². The van der Waals surface area contributed by atoms with Crippen LogP contribution in [0.4, 0.5) is 0 Å². The van der Waals surface area contributed by atoms with Crippen molar-refractivity contribution in [1.29, 1.82) is 0 Å². The number of rotatable bonds is 5. The van der Waals surface area contributed by atoms with Crippen molar-refractivity contribution in [2.45, 2.75) is 39.2 Å². The molecule has 0 saturated carbocycles. The van der Waals surface area contributed by atoms with Gasteiger partial charge in [-0.15, -0.1) is 5.10 Å². The second-order valence-electron chi connectivity index (χ2n) is 2.93. The highest BCUT2D eigenvalue weighted by molar-refractivity contribution is 6.31. The molecule has 0 spiro atoms. The lowest BCUT2D eigenvalue weighted by atomic mass is 10.2. The van der Waals surface area contributed by atoms with E-state index in [1.807, 2.05) is 0 Å². The van der Waals surface area contributed by atoms with Crippen molar-refractivity contribution in [2.24, 2.45) is 0 Å². The van der Waals surface area contributed by atoms with E-state index in [2.05, 4.69) is 17.0 Å². The van der Waals surface area contributed by atoms with E-state index in [-0.39, 0.29) is 5.28 Å². The molecular weight excluding hydrogens is 209 g/mol. The van der Waals surface area contributed by atoms with E-state index in [1.54, 1.807) is 4.68 Å². The third-order valence-electron chi connectivity index (χ3n) is 1.82. The summed E-state index contributed by atoms with van der Waals surface area (Å²) in [5.41, 5.74) is 0. The highest BCUT2D eigenvalue weighted by Crippen LogP contribution is 2.11. The van der Waals surface area contributed by atoms with Crippen LogP contribution < -0.4 is 0 Å². The Bertz CT molecular complexity index is 260. The van der Waals surface area contributed by atoms with E-state index >= 15 is 0 Å². The first-order valence-corrected chi connectivity index (χ1v) is 5.25. The SMILES string of the molecule is CCCCCCn1nc(Cl)nc1Cl. The zero-order chi connectivity index (χ0) is 9.68. The van der Waals surface area contributed by atoms with Crippen molar-refractivity contribution in [3.63, 3.8) is 0 Å². The first-order valence-electron chi connectivity index (χ1n) is 4.50. The minimum atomic E-state index is 0.223. The molecule has 0 aromatic carbocycles. The van der Waals surface area contributed by atoms with Crippen LogP contribution in [-0.4, -0.2) is 14.8 Å². The number of unbranched alkanes of at least 4 members (excludes halogenated alkanes) is 3. The number of nitrogens with zero attached hydrogens (tertiary/aromatic N) is 3. The monoisotopic (exact) mass is 221 g/mol. The summed E-state index contributed by atoms with van der Waals surface area (Å²) in [6.45, 7) is 2.98. The summed E-state index contributed by atoms with van der Waals surface area (Å²) in [4.78, 5) is 3.79. The lowest BCUT2D eigenvalue weighted by Gasteiger charge is -2.00. The number of halogens is 2. The maximum absolute atomic E-state index is 5.76. The predicted octanol–water partition coefficient (Wildman–Crippen LogP) is 3.17. The first kappa shape index (κ1) is 10.8. The smallest absolute Gasteiger partial charge is 0.235 e. The molecule has 0 aliphatic carbocycles. The minimum Gasteiger partial charge on any atom is -0.235 e. The van der Waals surface area contributed by atoms with Gasteiger partial charge in [0, 0.05) is 6.54 Å². The van der Waals surface area contributed by atoms with Crippen LogP contribution in [0, 0.1) is 0 Å². The molecule has 1 aromatic rings. The molecule has 74 valence electrons. The Hall–Kier alpha value is -0.280. The Balaban J connectivity index is 2.32. The topological polar surface area (TPSA) is 30.7 Å². The van der Waals surface area contributed by atoms with Crippen molar-refractivity contribution in [1.82, 2.24) is 14.8 Å². The van der Waals surface area contributed by atoms with Crippen molar-refractivity contribution < 1.29 is 0 Å². The third-order valence-corrected chi connectivity index (χ3v) is 2.26. The van der Waals surface area contributed by atoms with Crippen LogP contribution in [0.5, 0.6) is 0 Å². The average Bonchev–Trinajstić information content (AvgIpc) is 2.39. The second kappa shape index (κ2) is 5.45. The van der Waals surface area contributed by atoms with Gasteiger partial charge >= 0.3 is 0 Å². The molecule has 0 unspecified atom stereocenters. The van der Waals surface area contributed by atoms with Gasteiger partial charge in [0.15, 0.2) is 0 Å². The van der Waals surface area contributed by atoms with Gasteiger partial charge in [0.05, 0.1) is 0 Å². The van der Waals surface area contributed by atoms with Gasteiger partial charge in [-0.3, -0.25) is 0 Å². The molecular formula is C8H13Cl2N3. The first-order chi connectivity index (χ1) is 6.24.